The number of ether oxygens (including phenoxy) is 1. The van der Waals surface area contributed by atoms with E-state index < -0.39 is 22.1 Å². The van der Waals surface area contributed by atoms with E-state index in [9.17, 15) is 22.6 Å². The Kier molecular flexibility index (Phi) is 26.4. The second kappa shape index (κ2) is 22.9. The van der Waals surface area contributed by atoms with Crippen LogP contribution < -0.4 is 29.6 Å². The minimum atomic E-state index is -3.92. The van der Waals surface area contributed by atoms with E-state index in [1.165, 1.54) is 51.4 Å². The Hall–Kier alpha value is -0.410. The molecule has 0 aliphatic carbocycles. The number of aliphatic carboxylic acids is 1. The number of rotatable bonds is 15. The summed E-state index contributed by atoms with van der Waals surface area (Å²) in [6.45, 7) is 4.25. The third-order valence-corrected chi connectivity index (χ3v) is 4.47. The Balaban J connectivity index is -0.000000665. The molecule has 0 atom stereocenters. The van der Waals surface area contributed by atoms with Gasteiger partial charge in [-0.2, -0.15) is 0 Å². The largest absolute Gasteiger partial charge is 1.00 e. The van der Waals surface area contributed by atoms with E-state index in [4.69, 9.17) is 9.84 Å². The van der Waals surface area contributed by atoms with Crippen LogP contribution in [0.25, 0.3) is 0 Å². The number of carbonyl (C=O) groups is 2. The molecule has 7 nitrogen and oxygen atoms in total. The van der Waals surface area contributed by atoms with E-state index in [1.807, 2.05) is 0 Å². The van der Waals surface area contributed by atoms with Crippen LogP contribution in [0.1, 0.15) is 84.5 Å². The molecule has 1 N–H and O–H groups in total. The normalized spacial score (nSPS) is 10.7. The van der Waals surface area contributed by atoms with Gasteiger partial charge in [0.25, 0.3) is 0 Å². The Morgan fingerprint density at radius 3 is 1.68 bits per heavy atom. The average Bonchev–Trinajstić information content (AvgIpc) is 2.57. The van der Waals surface area contributed by atoms with Crippen LogP contribution in [0.5, 0.6) is 0 Å². The maximum atomic E-state index is 11.0. The predicted molar refractivity (Wildman–Crippen MR) is 104 cm³/mol. The first kappa shape index (κ1) is 32.3. The molecule has 0 rings (SSSR count). The zero-order chi connectivity index (χ0) is 21.0. The smallest absolute Gasteiger partial charge is 0.748 e. The molecular formula is C19H35NaO7S. The molecule has 160 valence electrons. The maximum Gasteiger partial charge on any atom is 1.00 e. The molecule has 0 aromatic heterocycles. The van der Waals surface area contributed by atoms with Gasteiger partial charge in [0.2, 0.25) is 0 Å². The van der Waals surface area contributed by atoms with Crippen molar-refractivity contribution in [3.8, 4) is 0 Å². The van der Waals surface area contributed by atoms with Crippen molar-refractivity contribution >= 4 is 22.1 Å². The van der Waals surface area contributed by atoms with Crippen LogP contribution in [-0.2, 0) is 24.4 Å². The predicted octanol–water partition coefficient (Wildman–Crippen LogP) is 1.04. The van der Waals surface area contributed by atoms with E-state index in [1.54, 1.807) is 6.92 Å². The Morgan fingerprint density at radius 2 is 1.32 bits per heavy atom. The van der Waals surface area contributed by atoms with Crippen LogP contribution in [0, 0.1) is 0 Å². The number of carboxylic acids is 1. The molecule has 0 saturated heterocycles. The van der Waals surface area contributed by atoms with Gasteiger partial charge in [-0.15, -0.1) is 0 Å². The zero-order valence-corrected chi connectivity index (χ0v) is 20.5. The molecule has 28 heavy (non-hydrogen) atoms. The SMILES string of the molecule is CCCCCCCCCCCCOC(=O)/C=C\C(=O)O.CCCS(=O)(=O)[O-].[Na+]. The van der Waals surface area contributed by atoms with Crippen LogP contribution >= 0.6 is 0 Å². The van der Waals surface area contributed by atoms with Crippen molar-refractivity contribution in [2.24, 2.45) is 0 Å². The van der Waals surface area contributed by atoms with E-state index in [0.29, 0.717) is 13.0 Å². The molecule has 0 spiro atoms. The van der Waals surface area contributed by atoms with Crippen molar-refractivity contribution < 1.29 is 62.0 Å². The minimum Gasteiger partial charge on any atom is -0.748 e. The minimum absolute atomic E-state index is 0. The molecule has 0 aromatic rings. The Labute approximate surface area is 192 Å². The van der Waals surface area contributed by atoms with Crippen molar-refractivity contribution in [1.29, 1.82) is 0 Å². The van der Waals surface area contributed by atoms with Gasteiger partial charge in [-0.25, -0.2) is 18.0 Å². The Morgan fingerprint density at radius 1 is 0.857 bits per heavy atom. The fourth-order valence-corrected chi connectivity index (χ4v) is 2.70. The molecule has 0 heterocycles. The third-order valence-electron chi connectivity index (χ3n) is 3.56. The fourth-order valence-electron chi connectivity index (χ4n) is 2.20. The maximum absolute atomic E-state index is 11.0. The van der Waals surface area contributed by atoms with Gasteiger partial charge in [-0.05, 0) is 12.8 Å². The molecule has 0 aromatic carbocycles. The van der Waals surface area contributed by atoms with Crippen LogP contribution in [0.4, 0.5) is 0 Å². The van der Waals surface area contributed by atoms with Gasteiger partial charge >= 0.3 is 41.5 Å². The molecule has 0 fully saturated rings. The molecule has 9 heteroatoms. The number of esters is 1. The molecule has 0 saturated carbocycles. The summed E-state index contributed by atoms with van der Waals surface area (Å²) in [6.07, 6.45) is 14.5. The second-order valence-corrected chi connectivity index (χ2v) is 7.81. The van der Waals surface area contributed by atoms with E-state index in [2.05, 4.69) is 6.92 Å². The molecular weight excluding hydrogens is 395 g/mol. The van der Waals surface area contributed by atoms with Gasteiger partial charge in [0.15, 0.2) is 0 Å². The number of carbonyl (C=O) groups excluding carboxylic acids is 1. The first-order chi connectivity index (χ1) is 12.7. The molecule has 0 bridgehead atoms. The van der Waals surface area contributed by atoms with E-state index in [0.717, 1.165) is 25.0 Å². The zero-order valence-electron chi connectivity index (χ0n) is 17.7. The first-order valence-electron chi connectivity index (χ1n) is 9.74. The molecule has 0 unspecified atom stereocenters. The van der Waals surface area contributed by atoms with Gasteiger partial charge in [0, 0.05) is 17.9 Å². The summed E-state index contributed by atoms with van der Waals surface area (Å²) >= 11 is 0. The quantitative estimate of drug-likeness (QED) is 0.135. The Bertz CT molecular complexity index is 504. The second-order valence-electron chi connectivity index (χ2n) is 6.28. The van der Waals surface area contributed by atoms with Gasteiger partial charge in [0.1, 0.15) is 0 Å². The first-order valence-corrected chi connectivity index (χ1v) is 11.3. The van der Waals surface area contributed by atoms with Crippen molar-refractivity contribution in [3.05, 3.63) is 12.2 Å². The monoisotopic (exact) mass is 430 g/mol. The average molecular weight is 431 g/mol. The number of hydrogen-bond acceptors (Lipinski definition) is 6. The van der Waals surface area contributed by atoms with Crippen LogP contribution in [0.15, 0.2) is 12.2 Å². The van der Waals surface area contributed by atoms with Gasteiger partial charge in [-0.1, -0.05) is 71.6 Å². The van der Waals surface area contributed by atoms with Crippen molar-refractivity contribution in [1.82, 2.24) is 0 Å². The molecule has 0 amide bonds. The number of carboxylic acid groups (broad SMARTS) is 1. The summed E-state index contributed by atoms with van der Waals surface area (Å²) in [5.74, 6) is -1.96. The van der Waals surface area contributed by atoms with Gasteiger partial charge in [0.05, 0.1) is 16.7 Å². The van der Waals surface area contributed by atoms with Gasteiger partial charge in [-0.3, -0.25) is 0 Å². The van der Waals surface area contributed by atoms with Gasteiger partial charge < -0.3 is 14.4 Å². The molecule has 0 radical (unpaired) electrons. The molecule has 0 aliphatic heterocycles. The number of unbranched alkanes of at least 4 members (excludes halogenated alkanes) is 9. The van der Waals surface area contributed by atoms with Crippen molar-refractivity contribution in [3.63, 3.8) is 0 Å². The standard InChI is InChI=1S/C16H28O4.C3H8O3S.Na/c1-2-3-4-5-6-7-8-9-10-11-14-20-16(19)13-12-15(17)18;1-2-3-7(4,5)6;/h12-13H,2-11,14H2,1H3,(H,17,18);2-3H2,1H3,(H,4,5,6);/q;;+1/p-1/b13-12-;;. The van der Waals surface area contributed by atoms with Crippen molar-refractivity contribution in [2.75, 3.05) is 12.4 Å². The topological polar surface area (TPSA) is 121 Å². The summed E-state index contributed by atoms with van der Waals surface area (Å²) in [5.41, 5.74) is 0. The third kappa shape index (κ3) is 33.2. The van der Waals surface area contributed by atoms with Crippen LogP contribution in [-0.4, -0.2) is 42.4 Å². The van der Waals surface area contributed by atoms with Crippen LogP contribution in [0.3, 0.4) is 0 Å². The summed E-state index contributed by atoms with van der Waals surface area (Å²) < 4.78 is 33.9. The summed E-state index contributed by atoms with van der Waals surface area (Å²) in [5, 5.41) is 8.33. The van der Waals surface area contributed by atoms with E-state index >= 15 is 0 Å². The summed E-state index contributed by atoms with van der Waals surface area (Å²) in [6, 6.07) is 0. The number of hydrogen-bond donors (Lipinski definition) is 1. The van der Waals surface area contributed by atoms with Crippen molar-refractivity contribution in [2.45, 2.75) is 84.5 Å². The molecule has 0 aliphatic rings. The summed E-state index contributed by atoms with van der Waals surface area (Å²) in [4.78, 5) is 21.2. The summed E-state index contributed by atoms with van der Waals surface area (Å²) in [7, 11) is -3.92. The van der Waals surface area contributed by atoms with Crippen LogP contribution in [0.2, 0.25) is 0 Å². The van der Waals surface area contributed by atoms with E-state index in [-0.39, 0.29) is 35.3 Å². The fraction of sp³-hybridized carbons (Fsp3) is 0.789.